The third kappa shape index (κ3) is 3.56. The quantitative estimate of drug-likeness (QED) is 0.477. The molecule has 6 aliphatic rings. The van der Waals surface area contributed by atoms with E-state index in [1.54, 1.807) is 18.2 Å². The second-order valence-electron chi connectivity index (χ2n) is 12.0. The number of aliphatic imine (C=N–C) groups is 1. The van der Waals surface area contributed by atoms with Crippen molar-refractivity contribution in [3.8, 4) is 11.4 Å². The number of ether oxygens (including phenoxy) is 1. The Hall–Kier alpha value is -3.13. The Morgan fingerprint density at radius 1 is 1.08 bits per heavy atom. The molecule has 38 heavy (non-hydrogen) atoms. The van der Waals surface area contributed by atoms with Crippen LogP contribution < -0.4 is 4.74 Å². The lowest BCUT2D eigenvalue weighted by Crippen LogP contribution is -2.49. The Morgan fingerprint density at radius 3 is 2.42 bits per heavy atom. The minimum absolute atomic E-state index is 0.115. The van der Waals surface area contributed by atoms with Crippen LogP contribution in [-0.4, -0.2) is 38.6 Å². The van der Waals surface area contributed by atoms with Gasteiger partial charge in [-0.3, -0.25) is 10.2 Å². The number of aryl methyl sites for hydroxylation is 2. The van der Waals surface area contributed by atoms with Crippen molar-refractivity contribution in [3.05, 3.63) is 52.4 Å². The van der Waals surface area contributed by atoms with Crippen LogP contribution in [0.5, 0.6) is 5.75 Å². The van der Waals surface area contributed by atoms with Crippen LogP contribution in [-0.2, 0) is 4.79 Å². The van der Waals surface area contributed by atoms with Crippen LogP contribution in [0, 0.1) is 49.3 Å². The van der Waals surface area contributed by atoms with Crippen molar-refractivity contribution in [2.75, 3.05) is 7.11 Å². The van der Waals surface area contributed by atoms with Crippen LogP contribution in [0.15, 0.2) is 39.9 Å². The first-order chi connectivity index (χ1) is 18.2. The number of hydrogen-bond donors (Lipinski definition) is 1. The molecular formula is C30H33N5O2S. The van der Waals surface area contributed by atoms with E-state index in [-0.39, 0.29) is 22.7 Å². The average molecular weight is 528 g/mol. The van der Waals surface area contributed by atoms with E-state index in [2.05, 4.69) is 22.5 Å². The summed E-state index contributed by atoms with van der Waals surface area (Å²) in [6.45, 7) is 6.13. The van der Waals surface area contributed by atoms with Gasteiger partial charge in [0.2, 0.25) is 5.17 Å². The fourth-order valence-electron chi connectivity index (χ4n) is 8.01. The summed E-state index contributed by atoms with van der Waals surface area (Å²) in [6, 6.07) is 8.15. The van der Waals surface area contributed by atoms with E-state index in [1.807, 2.05) is 32.0 Å². The van der Waals surface area contributed by atoms with E-state index in [0.717, 1.165) is 56.7 Å². The number of amides is 1. The summed E-state index contributed by atoms with van der Waals surface area (Å²) in [6.07, 6.45) is 9.51. The number of carbonyl (C=O) groups is 1. The zero-order valence-corrected chi connectivity index (χ0v) is 23.2. The Bertz CT molecular complexity index is 1460. The van der Waals surface area contributed by atoms with Crippen LogP contribution in [0.3, 0.4) is 0 Å². The molecule has 4 aliphatic carbocycles. The standard InChI is InChI=1S/C30H33N5O2S/c1-16-5-6-25(37-4)24(7-16)34-17(2)8-22(18(34)3)12-23-26(31)35-29(32-27(23)36)38-28(33-35)30-13-19-9-20(14-30)11-21(10-19)15-30/h5-8,12,19-21,31H,9-11,13-15H2,1-4H3. The molecule has 1 amide bonds. The van der Waals surface area contributed by atoms with Gasteiger partial charge in [-0.1, -0.05) is 6.07 Å². The fraction of sp³-hybridized carbons (Fsp3) is 0.467. The SMILES string of the molecule is COc1ccc(C)cc1-n1c(C)cc(C=C2C(=N)N3N=C(C45CC6CC(CC(C6)C4)C5)SC3=NC2=O)c1C. The highest BCUT2D eigenvalue weighted by atomic mass is 32.2. The molecule has 0 atom stereocenters. The third-order valence-corrected chi connectivity index (χ3v) is 10.4. The van der Waals surface area contributed by atoms with Crippen molar-refractivity contribution in [3.63, 3.8) is 0 Å². The van der Waals surface area contributed by atoms with Crippen molar-refractivity contribution in [2.45, 2.75) is 59.3 Å². The number of rotatable bonds is 4. The summed E-state index contributed by atoms with van der Waals surface area (Å²) in [7, 11) is 1.68. The summed E-state index contributed by atoms with van der Waals surface area (Å²) >= 11 is 1.53. The van der Waals surface area contributed by atoms with Crippen LogP contribution in [0.2, 0.25) is 0 Å². The van der Waals surface area contributed by atoms with E-state index < -0.39 is 0 Å². The first kappa shape index (κ1) is 23.9. The third-order valence-electron chi connectivity index (χ3n) is 9.29. The second-order valence-corrected chi connectivity index (χ2v) is 12.9. The van der Waals surface area contributed by atoms with E-state index in [1.165, 1.54) is 50.3 Å². The Morgan fingerprint density at radius 2 is 1.76 bits per heavy atom. The molecular weight excluding hydrogens is 494 g/mol. The van der Waals surface area contributed by atoms with E-state index in [4.69, 9.17) is 15.2 Å². The Labute approximate surface area is 227 Å². The van der Waals surface area contributed by atoms with Gasteiger partial charge >= 0.3 is 0 Å². The van der Waals surface area contributed by atoms with Gasteiger partial charge in [-0.05, 0) is 124 Å². The lowest BCUT2D eigenvalue weighted by molar-refractivity contribution is -0.114. The largest absolute Gasteiger partial charge is 0.495 e. The molecule has 4 fully saturated rings. The number of benzene rings is 1. The maximum Gasteiger partial charge on any atom is 0.283 e. The van der Waals surface area contributed by atoms with Crippen molar-refractivity contribution < 1.29 is 9.53 Å². The van der Waals surface area contributed by atoms with Crippen molar-refractivity contribution in [1.29, 1.82) is 5.41 Å². The molecule has 0 unspecified atom stereocenters. The molecule has 1 aromatic heterocycles. The summed E-state index contributed by atoms with van der Waals surface area (Å²) < 4.78 is 7.77. The van der Waals surface area contributed by atoms with Gasteiger partial charge in [0.25, 0.3) is 5.91 Å². The molecule has 4 saturated carbocycles. The first-order valence-corrected chi connectivity index (χ1v) is 14.4. The van der Waals surface area contributed by atoms with Gasteiger partial charge in [0.05, 0.1) is 18.4 Å². The molecule has 4 bridgehead atoms. The highest BCUT2D eigenvalue weighted by Gasteiger charge is 2.55. The Balaban J connectivity index is 1.23. The van der Waals surface area contributed by atoms with E-state index >= 15 is 0 Å². The lowest BCUT2D eigenvalue weighted by atomic mass is 9.50. The number of hydrogen-bond acceptors (Lipinski definition) is 5. The number of nitrogens with zero attached hydrogens (tertiary/aromatic N) is 4. The van der Waals surface area contributed by atoms with Gasteiger partial charge in [0.1, 0.15) is 10.8 Å². The van der Waals surface area contributed by atoms with Gasteiger partial charge in [0.15, 0.2) is 5.84 Å². The molecule has 3 heterocycles. The molecule has 0 spiro atoms. The number of thioether (sulfide) groups is 1. The van der Waals surface area contributed by atoms with Crippen LogP contribution >= 0.6 is 11.8 Å². The molecule has 8 heteroatoms. The second kappa shape index (κ2) is 8.43. The smallest absolute Gasteiger partial charge is 0.283 e. The maximum atomic E-state index is 13.2. The minimum atomic E-state index is -0.367. The zero-order chi connectivity index (χ0) is 26.3. The van der Waals surface area contributed by atoms with Crippen molar-refractivity contribution in [2.24, 2.45) is 33.3 Å². The van der Waals surface area contributed by atoms with Crippen molar-refractivity contribution in [1.82, 2.24) is 9.58 Å². The molecule has 2 aromatic rings. The van der Waals surface area contributed by atoms with Crippen LogP contribution in [0.4, 0.5) is 0 Å². The first-order valence-electron chi connectivity index (χ1n) is 13.6. The van der Waals surface area contributed by atoms with Gasteiger partial charge in [-0.25, -0.2) is 0 Å². The number of fused-ring (bicyclic) bond motifs is 1. The van der Waals surface area contributed by atoms with Crippen molar-refractivity contribution >= 4 is 39.8 Å². The number of hydrazone groups is 1. The van der Waals surface area contributed by atoms with E-state index in [0.29, 0.717) is 5.17 Å². The number of nitrogens with one attached hydrogen (secondary N) is 1. The normalized spacial score (nSPS) is 30.7. The fourth-order valence-corrected chi connectivity index (χ4v) is 9.12. The predicted octanol–water partition coefficient (Wildman–Crippen LogP) is 6.25. The molecule has 2 aliphatic heterocycles. The lowest BCUT2D eigenvalue weighted by Gasteiger charge is -2.56. The predicted molar refractivity (Wildman–Crippen MR) is 152 cm³/mol. The maximum absolute atomic E-state index is 13.2. The molecule has 1 aromatic carbocycles. The molecule has 0 radical (unpaired) electrons. The van der Waals surface area contributed by atoms with Crippen LogP contribution in [0.25, 0.3) is 11.8 Å². The summed E-state index contributed by atoms with van der Waals surface area (Å²) in [5.41, 5.74) is 5.37. The molecule has 1 N–H and O–H groups in total. The minimum Gasteiger partial charge on any atom is -0.495 e. The van der Waals surface area contributed by atoms with Gasteiger partial charge in [-0.15, -0.1) is 0 Å². The highest BCUT2D eigenvalue weighted by molar-refractivity contribution is 8.27. The monoisotopic (exact) mass is 527 g/mol. The van der Waals surface area contributed by atoms with E-state index in [9.17, 15) is 4.79 Å². The van der Waals surface area contributed by atoms with Gasteiger partial charge in [-0.2, -0.15) is 15.1 Å². The van der Waals surface area contributed by atoms with Gasteiger partial charge in [0, 0.05) is 16.8 Å². The number of carbonyl (C=O) groups excluding carboxylic acids is 1. The summed E-state index contributed by atoms with van der Waals surface area (Å²) in [4.78, 5) is 17.6. The number of methoxy groups -OCH3 is 1. The number of amidine groups is 2. The van der Waals surface area contributed by atoms with Crippen LogP contribution in [0.1, 0.15) is 61.0 Å². The molecule has 7 nitrogen and oxygen atoms in total. The van der Waals surface area contributed by atoms with Gasteiger partial charge < -0.3 is 9.30 Å². The summed E-state index contributed by atoms with van der Waals surface area (Å²) in [5, 5.41) is 17.2. The molecule has 0 saturated heterocycles. The topological polar surface area (TPSA) is 83.0 Å². The highest BCUT2D eigenvalue weighted by Crippen LogP contribution is 2.62. The summed E-state index contributed by atoms with van der Waals surface area (Å²) in [5.74, 6) is 2.96. The average Bonchev–Trinajstić information content (AvgIpc) is 3.42. The number of aromatic nitrogens is 1. The zero-order valence-electron chi connectivity index (χ0n) is 22.4. The molecule has 196 valence electrons. The Kier molecular flexibility index (Phi) is 5.32. The molecule has 8 rings (SSSR count).